The molecule has 2 fully saturated rings. The Morgan fingerprint density at radius 3 is 2.44 bits per heavy atom. The van der Waals surface area contributed by atoms with Crippen molar-refractivity contribution in [2.24, 2.45) is 11.8 Å². The molecule has 168 valence electrons. The number of fused-ring (bicyclic) bond motifs is 4. The van der Waals surface area contributed by atoms with Crippen LogP contribution in [0, 0.1) is 17.7 Å². The number of likely N-dealkylation sites (tertiary alicyclic amines) is 1. The predicted octanol–water partition coefficient (Wildman–Crippen LogP) is 3.77. The molecule has 1 aromatic heterocycles. The second-order valence-corrected chi connectivity index (χ2v) is 9.43. The fraction of sp³-hybridized carbons (Fsp3) is 0.480. The van der Waals surface area contributed by atoms with Gasteiger partial charge >= 0.3 is 0 Å². The maximum absolute atomic E-state index is 13.2. The molecule has 1 aromatic carbocycles. The molecule has 2 aromatic rings. The molecule has 3 aliphatic rings. The molecule has 6 nitrogen and oxygen atoms in total. The van der Waals surface area contributed by atoms with E-state index in [4.69, 9.17) is 0 Å². The molecule has 32 heavy (non-hydrogen) atoms. The van der Waals surface area contributed by atoms with Crippen molar-refractivity contribution in [3.63, 3.8) is 0 Å². The number of piperidine rings is 1. The van der Waals surface area contributed by atoms with Crippen LogP contribution in [0.3, 0.4) is 0 Å². The van der Waals surface area contributed by atoms with Crippen LogP contribution < -0.4 is 10.9 Å². The summed E-state index contributed by atoms with van der Waals surface area (Å²) in [7, 11) is 0. The molecule has 7 heteroatoms. The van der Waals surface area contributed by atoms with E-state index in [1.54, 1.807) is 10.6 Å². The van der Waals surface area contributed by atoms with E-state index in [0.717, 1.165) is 37.8 Å². The predicted molar refractivity (Wildman–Crippen MR) is 119 cm³/mol. The van der Waals surface area contributed by atoms with Crippen LogP contribution in [0.2, 0.25) is 0 Å². The van der Waals surface area contributed by atoms with Crippen LogP contribution in [0.4, 0.5) is 10.1 Å². The summed E-state index contributed by atoms with van der Waals surface area (Å²) in [6.45, 7) is 1.63. The molecule has 0 radical (unpaired) electrons. The third-order valence-corrected chi connectivity index (χ3v) is 7.22. The number of halogens is 1. The highest BCUT2D eigenvalue weighted by Gasteiger charge is 2.37. The fourth-order valence-electron chi connectivity index (χ4n) is 5.58. The number of nitrogens with zero attached hydrogens (tertiary/aromatic N) is 2. The zero-order valence-corrected chi connectivity index (χ0v) is 18.1. The van der Waals surface area contributed by atoms with Gasteiger partial charge < -0.3 is 14.8 Å². The van der Waals surface area contributed by atoms with Crippen molar-refractivity contribution in [2.45, 2.75) is 51.0 Å². The van der Waals surface area contributed by atoms with Gasteiger partial charge in [-0.2, -0.15) is 0 Å². The van der Waals surface area contributed by atoms with Crippen LogP contribution in [0.5, 0.6) is 0 Å². The molecule has 0 unspecified atom stereocenters. The van der Waals surface area contributed by atoms with Crippen molar-refractivity contribution in [1.82, 2.24) is 9.47 Å². The van der Waals surface area contributed by atoms with Crippen molar-refractivity contribution in [3.8, 4) is 0 Å². The molecular weight excluding hydrogens is 409 g/mol. The Bertz CT molecular complexity index is 1090. The minimum atomic E-state index is -0.364. The number of benzene rings is 1. The average molecular weight is 438 g/mol. The summed E-state index contributed by atoms with van der Waals surface area (Å²) in [4.78, 5) is 40.5. The quantitative estimate of drug-likeness (QED) is 0.795. The Hall–Kier alpha value is -2.96. The normalized spacial score (nSPS) is 22.8. The van der Waals surface area contributed by atoms with E-state index >= 15 is 0 Å². The minimum absolute atomic E-state index is 0.00500. The SMILES string of the molecule is O=C(Nc1ccc2n(c1=O)C[C@H]1C[C@@H]2CN(C(=O)c2ccc(F)cc2)C1)C1CCCCC1. The van der Waals surface area contributed by atoms with Gasteiger partial charge in [-0.05, 0) is 61.6 Å². The molecule has 1 saturated heterocycles. The highest BCUT2D eigenvalue weighted by Crippen LogP contribution is 2.36. The van der Waals surface area contributed by atoms with Crippen LogP contribution in [-0.2, 0) is 11.3 Å². The molecule has 2 atom stereocenters. The zero-order chi connectivity index (χ0) is 22.2. The second-order valence-electron chi connectivity index (χ2n) is 9.43. The number of hydrogen-bond acceptors (Lipinski definition) is 3. The molecule has 2 bridgehead atoms. The smallest absolute Gasteiger partial charge is 0.274 e. The van der Waals surface area contributed by atoms with E-state index < -0.39 is 0 Å². The molecule has 3 heterocycles. The molecule has 5 rings (SSSR count). The van der Waals surface area contributed by atoms with Crippen molar-refractivity contribution < 1.29 is 14.0 Å². The summed E-state index contributed by atoms with van der Waals surface area (Å²) >= 11 is 0. The van der Waals surface area contributed by atoms with Gasteiger partial charge in [0.05, 0.1) is 0 Å². The Labute approximate surface area is 186 Å². The van der Waals surface area contributed by atoms with E-state index in [1.165, 1.54) is 30.7 Å². The standard InChI is InChI=1S/C25H28FN3O3/c26-20-8-6-18(7-9-20)24(31)28-13-16-12-19(15-28)22-11-10-21(25(32)29(22)14-16)27-23(30)17-4-2-1-3-5-17/h6-11,16-17,19H,1-5,12-15H2,(H,27,30)/t16-,19+/m0/s1. The molecule has 1 saturated carbocycles. The summed E-state index contributed by atoms with van der Waals surface area (Å²) in [6.07, 6.45) is 6.02. The summed E-state index contributed by atoms with van der Waals surface area (Å²) in [6, 6.07) is 9.27. The van der Waals surface area contributed by atoms with Crippen molar-refractivity contribution >= 4 is 17.5 Å². The van der Waals surface area contributed by atoms with E-state index in [0.29, 0.717) is 30.9 Å². The number of rotatable bonds is 3. The maximum atomic E-state index is 13.2. The van der Waals surface area contributed by atoms with Gasteiger partial charge in [-0.3, -0.25) is 14.4 Å². The van der Waals surface area contributed by atoms with Crippen molar-refractivity contribution in [3.05, 3.63) is 63.8 Å². The van der Waals surface area contributed by atoms with Crippen LogP contribution in [0.25, 0.3) is 0 Å². The highest BCUT2D eigenvalue weighted by atomic mass is 19.1. The number of hydrogen-bond donors (Lipinski definition) is 1. The van der Waals surface area contributed by atoms with Gasteiger partial charge in [0.15, 0.2) is 0 Å². The fourth-order valence-corrected chi connectivity index (χ4v) is 5.58. The van der Waals surface area contributed by atoms with Crippen molar-refractivity contribution in [1.29, 1.82) is 0 Å². The molecule has 2 amide bonds. The Kier molecular flexibility index (Phi) is 5.57. The van der Waals surface area contributed by atoms with E-state index in [9.17, 15) is 18.8 Å². The zero-order valence-electron chi connectivity index (χ0n) is 18.1. The summed E-state index contributed by atoms with van der Waals surface area (Å²) < 4.78 is 15.0. The lowest BCUT2D eigenvalue weighted by Crippen LogP contribution is -2.49. The van der Waals surface area contributed by atoms with Gasteiger partial charge in [0, 0.05) is 42.7 Å². The lowest BCUT2D eigenvalue weighted by atomic mass is 9.83. The van der Waals surface area contributed by atoms with Gasteiger partial charge in [0.25, 0.3) is 11.5 Å². The van der Waals surface area contributed by atoms with Crippen molar-refractivity contribution in [2.75, 3.05) is 18.4 Å². The summed E-state index contributed by atoms with van der Waals surface area (Å²) in [5.74, 6) is -0.275. The van der Waals surface area contributed by atoms with Crippen LogP contribution in [0.15, 0.2) is 41.2 Å². The first kappa shape index (κ1) is 20.9. The van der Waals surface area contributed by atoms with Gasteiger partial charge in [-0.25, -0.2) is 4.39 Å². The molecular formula is C25H28FN3O3. The largest absolute Gasteiger partial charge is 0.338 e. The average Bonchev–Trinajstić information content (AvgIpc) is 2.81. The molecule has 2 aliphatic heterocycles. The van der Waals surface area contributed by atoms with Gasteiger partial charge in [0.2, 0.25) is 5.91 Å². The van der Waals surface area contributed by atoms with Crippen LogP contribution in [0.1, 0.15) is 60.5 Å². The van der Waals surface area contributed by atoms with Gasteiger partial charge in [-0.1, -0.05) is 19.3 Å². The highest BCUT2D eigenvalue weighted by molar-refractivity contribution is 5.94. The lowest BCUT2D eigenvalue weighted by molar-refractivity contribution is -0.120. The second kappa shape index (κ2) is 8.52. The number of nitrogens with one attached hydrogen (secondary N) is 1. The third kappa shape index (κ3) is 3.96. The number of aromatic nitrogens is 1. The number of anilines is 1. The van der Waals surface area contributed by atoms with E-state index in [2.05, 4.69) is 5.32 Å². The Morgan fingerprint density at radius 2 is 1.69 bits per heavy atom. The molecule has 1 N–H and O–H groups in total. The number of carbonyl (C=O) groups excluding carboxylic acids is 2. The van der Waals surface area contributed by atoms with Gasteiger partial charge in [0.1, 0.15) is 11.5 Å². The maximum Gasteiger partial charge on any atom is 0.274 e. The number of carbonyl (C=O) groups is 2. The monoisotopic (exact) mass is 437 g/mol. The minimum Gasteiger partial charge on any atom is -0.338 e. The summed E-state index contributed by atoms with van der Waals surface area (Å²) in [5, 5.41) is 2.88. The summed E-state index contributed by atoms with van der Waals surface area (Å²) in [5.41, 5.74) is 1.59. The number of pyridine rings is 1. The molecule has 0 spiro atoms. The first-order valence-corrected chi connectivity index (χ1v) is 11.6. The first-order chi connectivity index (χ1) is 15.5. The van der Waals surface area contributed by atoms with E-state index in [-0.39, 0.29) is 40.9 Å². The van der Waals surface area contributed by atoms with Gasteiger partial charge in [-0.15, -0.1) is 0 Å². The third-order valence-electron chi connectivity index (χ3n) is 7.22. The van der Waals surface area contributed by atoms with E-state index in [1.807, 2.05) is 11.0 Å². The first-order valence-electron chi connectivity index (χ1n) is 11.6. The Morgan fingerprint density at radius 1 is 0.938 bits per heavy atom. The number of amides is 2. The lowest BCUT2D eigenvalue weighted by Gasteiger charge is -2.43. The van der Waals surface area contributed by atoms with Crippen LogP contribution >= 0.6 is 0 Å². The Balaban J connectivity index is 1.34. The van der Waals surface area contributed by atoms with Crippen LogP contribution in [-0.4, -0.2) is 34.4 Å². The topological polar surface area (TPSA) is 71.4 Å². The molecule has 1 aliphatic carbocycles.